The third-order valence-electron chi connectivity index (χ3n) is 7.73. The van der Waals surface area contributed by atoms with E-state index in [1.54, 1.807) is 38.2 Å². The first-order chi connectivity index (χ1) is 17.6. The van der Waals surface area contributed by atoms with Gasteiger partial charge in [0.15, 0.2) is 0 Å². The van der Waals surface area contributed by atoms with Crippen molar-refractivity contribution in [3.05, 3.63) is 52.7 Å². The molecule has 2 saturated heterocycles. The van der Waals surface area contributed by atoms with Gasteiger partial charge < -0.3 is 24.3 Å². The highest BCUT2D eigenvalue weighted by Gasteiger charge is 2.24. The molecule has 1 N–H and O–H groups in total. The lowest BCUT2D eigenvalue weighted by Gasteiger charge is -2.37. The van der Waals surface area contributed by atoms with Gasteiger partial charge in [0.05, 0.1) is 25.2 Å². The number of ether oxygens (including phenoxy) is 2. The molecule has 0 atom stereocenters. The Morgan fingerprint density at radius 1 is 1.00 bits per heavy atom. The minimum atomic E-state index is -0.0586. The number of halogens is 1. The number of benzene rings is 1. The van der Waals surface area contributed by atoms with Gasteiger partial charge in [0.2, 0.25) is 0 Å². The molecule has 5 rings (SSSR count). The number of aryl methyl sites for hydroxylation is 1. The highest BCUT2D eigenvalue weighted by Crippen LogP contribution is 2.38. The number of pyridine rings is 2. The maximum Gasteiger partial charge on any atom is 0.259 e. The van der Waals surface area contributed by atoms with Gasteiger partial charge in [-0.1, -0.05) is 0 Å². The average Bonchev–Trinajstić information content (AvgIpc) is 2.92. The van der Waals surface area contributed by atoms with E-state index in [-0.39, 0.29) is 18.0 Å². The van der Waals surface area contributed by atoms with Crippen molar-refractivity contribution in [3.63, 3.8) is 0 Å². The Bertz CT molecular complexity index is 1240. The standard InChI is InChI=1S/C28H37N5O3.ClH/c1-31-18-24(22-6-9-30-16-23(22)28(31)34)21-14-26(35-2)25(27(15-21)36-3)19-33-12-10-32(11-13-33)17-20-4-7-29-8-5-20;/h6,9,14-16,18,20,29H,4-5,7-8,10-13,17,19H2,1-3H3;1H. The third-order valence-corrected chi connectivity index (χ3v) is 7.73. The van der Waals surface area contributed by atoms with Gasteiger partial charge in [-0.25, -0.2) is 0 Å². The van der Waals surface area contributed by atoms with E-state index in [9.17, 15) is 4.79 Å². The second-order valence-corrected chi connectivity index (χ2v) is 10.0. The molecular weight excluding hydrogens is 490 g/mol. The first kappa shape index (κ1) is 27.4. The van der Waals surface area contributed by atoms with E-state index in [2.05, 4.69) is 32.2 Å². The van der Waals surface area contributed by atoms with Gasteiger partial charge in [0.25, 0.3) is 5.56 Å². The molecule has 3 aromatic rings. The SMILES string of the molecule is COc1cc(-c2cn(C)c(=O)c3cnccc23)cc(OC)c1CN1CCN(CC2CCNCC2)CC1.Cl. The molecule has 1 aromatic carbocycles. The van der Waals surface area contributed by atoms with Crippen molar-refractivity contribution in [2.45, 2.75) is 19.4 Å². The van der Waals surface area contributed by atoms with Gasteiger partial charge in [-0.05, 0) is 61.0 Å². The van der Waals surface area contributed by atoms with Gasteiger partial charge in [-0.2, -0.15) is 0 Å². The minimum Gasteiger partial charge on any atom is -0.496 e. The second-order valence-electron chi connectivity index (χ2n) is 10.0. The number of nitrogens with zero attached hydrogens (tertiary/aromatic N) is 4. The molecule has 37 heavy (non-hydrogen) atoms. The van der Waals surface area contributed by atoms with Gasteiger partial charge >= 0.3 is 0 Å². The molecule has 8 nitrogen and oxygen atoms in total. The number of methoxy groups -OCH3 is 2. The number of nitrogens with one attached hydrogen (secondary N) is 1. The quantitative estimate of drug-likeness (QED) is 0.506. The fourth-order valence-electron chi connectivity index (χ4n) is 5.62. The number of piperidine rings is 1. The molecule has 0 bridgehead atoms. The lowest BCUT2D eigenvalue weighted by Crippen LogP contribution is -2.48. The van der Waals surface area contributed by atoms with E-state index in [1.807, 2.05) is 12.3 Å². The Kier molecular flexibility index (Phi) is 9.08. The van der Waals surface area contributed by atoms with Crippen LogP contribution < -0.4 is 20.3 Å². The van der Waals surface area contributed by atoms with Crippen LogP contribution in [0.1, 0.15) is 18.4 Å². The molecule has 0 radical (unpaired) electrons. The van der Waals surface area contributed by atoms with Gasteiger partial charge in [-0.3, -0.25) is 14.7 Å². The van der Waals surface area contributed by atoms with Crippen molar-refractivity contribution in [2.24, 2.45) is 13.0 Å². The maximum absolute atomic E-state index is 12.6. The normalized spacial score (nSPS) is 17.5. The molecule has 0 amide bonds. The van der Waals surface area contributed by atoms with Gasteiger partial charge in [-0.15, -0.1) is 12.4 Å². The summed E-state index contributed by atoms with van der Waals surface area (Å²) in [4.78, 5) is 21.9. The highest BCUT2D eigenvalue weighted by molar-refractivity contribution is 5.95. The van der Waals surface area contributed by atoms with Gasteiger partial charge in [0, 0.05) is 70.5 Å². The third kappa shape index (κ3) is 5.93. The molecule has 2 aromatic heterocycles. The Morgan fingerprint density at radius 2 is 1.65 bits per heavy atom. The molecule has 2 aliphatic rings. The van der Waals surface area contributed by atoms with E-state index in [1.165, 1.54) is 19.4 Å². The summed E-state index contributed by atoms with van der Waals surface area (Å²) in [7, 11) is 5.19. The summed E-state index contributed by atoms with van der Waals surface area (Å²) in [5.41, 5.74) is 2.90. The Balaban J connectivity index is 0.00000320. The van der Waals surface area contributed by atoms with E-state index in [4.69, 9.17) is 9.47 Å². The highest BCUT2D eigenvalue weighted by atomic mass is 35.5. The topological polar surface area (TPSA) is 71.9 Å². The molecule has 2 aliphatic heterocycles. The number of hydrogen-bond donors (Lipinski definition) is 1. The fraction of sp³-hybridized carbons (Fsp3) is 0.500. The number of piperazine rings is 1. The molecule has 0 aliphatic carbocycles. The molecule has 2 fully saturated rings. The minimum absolute atomic E-state index is 0. The lowest BCUT2D eigenvalue weighted by molar-refractivity contribution is 0.106. The van der Waals surface area contributed by atoms with Crippen LogP contribution >= 0.6 is 12.4 Å². The molecule has 9 heteroatoms. The van der Waals surface area contributed by atoms with Crippen molar-refractivity contribution in [1.29, 1.82) is 0 Å². The summed E-state index contributed by atoms with van der Waals surface area (Å²) in [6, 6.07) is 6.01. The number of rotatable bonds is 7. The Hall–Kier alpha value is -2.65. The summed E-state index contributed by atoms with van der Waals surface area (Å²) >= 11 is 0. The molecule has 0 saturated carbocycles. The zero-order valence-corrected chi connectivity index (χ0v) is 22.9. The number of aromatic nitrogens is 2. The van der Waals surface area contributed by atoms with Crippen molar-refractivity contribution < 1.29 is 9.47 Å². The van der Waals surface area contributed by atoms with Gasteiger partial charge in [0.1, 0.15) is 11.5 Å². The second kappa shape index (κ2) is 12.3. The summed E-state index contributed by atoms with van der Waals surface area (Å²) in [5.74, 6) is 2.44. The Labute approximate surface area is 225 Å². The predicted octanol–water partition coefficient (Wildman–Crippen LogP) is 3.16. The summed E-state index contributed by atoms with van der Waals surface area (Å²) in [6.45, 7) is 8.61. The van der Waals surface area contributed by atoms with E-state index in [0.29, 0.717) is 5.39 Å². The zero-order chi connectivity index (χ0) is 25.1. The van der Waals surface area contributed by atoms with Crippen LogP contribution in [0.4, 0.5) is 0 Å². The van der Waals surface area contributed by atoms with Crippen LogP contribution in [-0.4, -0.2) is 79.4 Å². The van der Waals surface area contributed by atoms with Crippen LogP contribution in [0, 0.1) is 5.92 Å². The van der Waals surface area contributed by atoms with Crippen molar-refractivity contribution >= 4 is 23.2 Å². The molecule has 4 heterocycles. The monoisotopic (exact) mass is 527 g/mol. The predicted molar refractivity (Wildman–Crippen MR) is 150 cm³/mol. The molecule has 0 spiro atoms. The fourth-order valence-corrected chi connectivity index (χ4v) is 5.62. The van der Waals surface area contributed by atoms with Crippen LogP contribution in [-0.2, 0) is 13.6 Å². The number of fused-ring (bicyclic) bond motifs is 1. The van der Waals surface area contributed by atoms with E-state index >= 15 is 0 Å². The summed E-state index contributed by atoms with van der Waals surface area (Å²) in [5, 5.41) is 4.94. The first-order valence-electron chi connectivity index (χ1n) is 12.9. The van der Waals surface area contributed by atoms with Crippen LogP contribution in [0.25, 0.3) is 21.9 Å². The van der Waals surface area contributed by atoms with Crippen molar-refractivity contribution in [3.8, 4) is 22.6 Å². The molecular formula is C28H38ClN5O3. The zero-order valence-electron chi connectivity index (χ0n) is 22.0. The van der Waals surface area contributed by atoms with Crippen LogP contribution in [0.5, 0.6) is 11.5 Å². The number of hydrogen-bond acceptors (Lipinski definition) is 7. The first-order valence-corrected chi connectivity index (χ1v) is 12.9. The molecule has 200 valence electrons. The van der Waals surface area contributed by atoms with E-state index < -0.39 is 0 Å². The van der Waals surface area contributed by atoms with Crippen LogP contribution in [0.15, 0.2) is 41.6 Å². The van der Waals surface area contributed by atoms with Crippen molar-refractivity contribution in [1.82, 2.24) is 24.7 Å². The summed E-state index contributed by atoms with van der Waals surface area (Å²) < 4.78 is 13.4. The van der Waals surface area contributed by atoms with Crippen LogP contribution in [0.3, 0.4) is 0 Å². The van der Waals surface area contributed by atoms with Crippen LogP contribution in [0.2, 0.25) is 0 Å². The maximum atomic E-state index is 12.6. The van der Waals surface area contributed by atoms with E-state index in [0.717, 1.165) is 85.3 Å². The largest absolute Gasteiger partial charge is 0.496 e. The van der Waals surface area contributed by atoms with Crippen molar-refractivity contribution in [2.75, 3.05) is 60.0 Å². The average molecular weight is 528 g/mol. The lowest BCUT2D eigenvalue weighted by atomic mass is 9.97. The molecule has 0 unspecified atom stereocenters. The smallest absolute Gasteiger partial charge is 0.259 e. The summed E-state index contributed by atoms with van der Waals surface area (Å²) in [6.07, 6.45) is 7.82. The Morgan fingerprint density at radius 3 is 2.30 bits per heavy atom.